The first-order valence-electron chi connectivity index (χ1n) is 6.40. The number of methoxy groups -OCH3 is 1. The summed E-state index contributed by atoms with van der Waals surface area (Å²) >= 11 is 13.2. The molecule has 1 N–H and O–H groups in total. The van der Waals surface area contributed by atoms with Crippen LogP contribution in [0, 0.1) is 0 Å². The molecule has 8 heteroatoms. The monoisotopic (exact) mass is 379 g/mol. The van der Waals surface area contributed by atoms with Gasteiger partial charge in [0.25, 0.3) is 0 Å². The smallest absolute Gasteiger partial charge is 0.215 e. The summed E-state index contributed by atoms with van der Waals surface area (Å²) in [5, 5.41) is 0.432. The van der Waals surface area contributed by atoms with Gasteiger partial charge in [-0.15, -0.1) is 11.3 Å². The Balaban J connectivity index is 2.01. The molecule has 2 aromatic rings. The van der Waals surface area contributed by atoms with Gasteiger partial charge in [-0.05, 0) is 23.8 Å². The van der Waals surface area contributed by atoms with Crippen molar-refractivity contribution in [2.24, 2.45) is 0 Å². The van der Waals surface area contributed by atoms with Crippen molar-refractivity contribution in [2.75, 3.05) is 13.7 Å². The number of benzene rings is 1. The van der Waals surface area contributed by atoms with Gasteiger partial charge in [0.15, 0.2) is 0 Å². The molecule has 0 radical (unpaired) electrons. The van der Waals surface area contributed by atoms with Crippen molar-refractivity contribution in [1.29, 1.82) is 0 Å². The van der Waals surface area contributed by atoms with Crippen molar-refractivity contribution in [1.82, 2.24) is 4.72 Å². The van der Waals surface area contributed by atoms with E-state index in [0.717, 1.165) is 4.88 Å². The molecule has 0 saturated carbocycles. The summed E-state index contributed by atoms with van der Waals surface area (Å²) in [6.45, 7) is 0.139. The Morgan fingerprint density at radius 3 is 2.55 bits per heavy atom. The lowest BCUT2D eigenvalue weighted by molar-refractivity contribution is 0.110. The molecule has 0 aliphatic carbocycles. The second-order valence-electron chi connectivity index (χ2n) is 4.57. The van der Waals surface area contributed by atoms with E-state index in [1.807, 2.05) is 6.07 Å². The molecule has 1 heterocycles. The SMILES string of the molecule is COC(CNS(=O)(=O)Cc1ccccc1Cl)c1ccc(Cl)s1. The molecule has 4 nitrogen and oxygen atoms in total. The Morgan fingerprint density at radius 2 is 1.95 bits per heavy atom. The fraction of sp³-hybridized carbons (Fsp3) is 0.286. The molecule has 0 aliphatic heterocycles. The fourth-order valence-electron chi connectivity index (χ4n) is 1.88. The van der Waals surface area contributed by atoms with E-state index >= 15 is 0 Å². The van der Waals surface area contributed by atoms with Crippen LogP contribution < -0.4 is 4.72 Å². The summed E-state index contributed by atoms with van der Waals surface area (Å²) in [6.07, 6.45) is -0.376. The van der Waals surface area contributed by atoms with E-state index in [9.17, 15) is 8.42 Å². The highest BCUT2D eigenvalue weighted by atomic mass is 35.5. The Labute approximate surface area is 144 Å². The van der Waals surface area contributed by atoms with Crippen LogP contribution in [0.25, 0.3) is 0 Å². The van der Waals surface area contributed by atoms with Gasteiger partial charge in [0.2, 0.25) is 10.0 Å². The third kappa shape index (κ3) is 4.94. The number of hydrogen-bond acceptors (Lipinski definition) is 4. The zero-order chi connectivity index (χ0) is 16.2. The lowest BCUT2D eigenvalue weighted by atomic mass is 10.2. The molecule has 1 aromatic heterocycles. The van der Waals surface area contributed by atoms with Crippen LogP contribution in [0.5, 0.6) is 0 Å². The summed E-state index contributed by atoms with van der Waals surface area (Å²) in [5.41, 5.74) is 0.560. The molecule has 0 bridgehead atoms. The van der Waals surface area contributed by atoms with Crippen LogP contribution in [-0.2, 0) is 20.5 Å². The molecule has 0 fully saturated rings. The maximum atomic E-state index is 12.2. The molecule has 22 heavy (non-hydrogen) atoms. The van der Waals surface area contributed by atoms with Crippen LogP contribution in [0.3, 0.4) is 0 Å². The first-order valence-corrected chi connectivity index (χ1v) is 9.62. The van der Waals surface area contributed by atoms with Crippen molar-refractivity contribution in [3.8, 4) is 0 Å². The third-order valence-electron chi connectivity index (χ3n) is 2.99. The lowest BCUT2D eigenvalue weighted by Gasteiger charge is -2.15. The predicted octanol–water partition coefficient (Wildman–Crippen LogP) is 3.86. The average molecular weight is 380 g/mol. The molecule has 2 rings (SSSR count). The Bertz CT molecular complexity index is 731. The molecule has 0 spiro atoms. The van der Waals surface area contributed by atoms with Crippen molar-refractivity contribution >= 4 is 44.6 Å². The van der Waals surface area contributed by atoms with Gasteiger partial charge in [-0.1, -0.05) is 41.4 Å². The number of halogens is 2. The van der Waals surface area contributed by atoms with Crippen molar-refractivity contribution in [3.05, 3.63) is 56.2 Å². The van der Waals surface area contributed by atoms with Gasteiger partial charge < -0.3 is 4.74 Å². The molecule has 120 valence electrons. The zero-order valence-corrected chi connectivity index (χ0v) is 14.9. The number of thiophene rings is 1. The topological polar surface area (TPSA) is 55.4 Å². The van der Waals surface area contributed by atoms with Crippen LogP contribution in [0.4, 0.5) is 0 Å². The highest BCUT2D eigenvalue weighted by Crippen LogP contribution is 2.28. The summed E-state index contributed by atoms with van der Waals surface area (Å²) in [6, 6.07) is 10.4. The largest absolute Gasteiger partial charge is 0.375 e. The van der Waals surface area contributed by atoms with Gasteiger partial charge in [-0.3, -0.25) is 0 Å². The molecule has 1 atom stereocenters. The van der Waals surface area contributed by atoms with Gasteiger partial charge >= 0.3 is 0 Å². The minimum atomic E-state index is -3.51. The van der Waals surface area contributed by atoms with Crippen LogP contribution in [0.2, 0.25) is 9.36 Å². The minimum absolute atomic E-state index is 0.139. The number of sulfonamides is 1. The molecule has 0 saturated heterocycles. The maximum Gasteiger partial charge on any atom is 0.215 e. The van der Waals surface area contributed by atoms with Gasteiger partial charge in [0.05, 0.1) is 10.1 Å². The van der Waals surface area contributed by atoms with Gasteiger partial charge in [-0.25, -0.2) is 13.1 Å². The van der Waals surface area contributed by atoms with Gasteiger partial charge in [-0.2, -0.15) is 0 Å². The molecule has 0 aliphatic rings. The Hall–Kier alpha value is -0.630. The molecular weight excluding hydrogens is 365 g/mol. The zero-order valence-electron chi connectivity index (χ0n) is 11.8. The highest BCUT2D eigenvalue weighted by Gasteiger charge is 2.18. The first kappa shape index (κ1) is 17.7. The number of rotatable bonds is 7. The first-order chi connectivity index (χ1) is 10.4. The standard InChI is InChI=1S/C14H15Cl2NO3S2/c1-20-12(13-6-7-14(16)21-13)8-17-22(18,19)9-10-4-2-3-5-11(10)15/h2-7,12,17H,8-9H2,1H3. The average Bonchev–Trinajstić information content (AvgIpc) is 2.88. The van der Waals surface area contributed by atoms with E-state index in [-0.39, 0.29) is 18.4 Å². The Morgan fingerprint density at radius 1 is 1.23 bits per heavy atom. The summed E-state index contributed by atoms with van der Waals surface area (Å²) < 4.78 is 32.8. The second kappa shape index (κ2) is 7.77. The molecule has 1 unspecified atom stereocenters. The van der Waals surface area contributed by atoms with E-state index < -0.39 is 10.0 Å². The number of nitrogens with one attached hydrogen (secondary N) is 1. The lowest BCUT2D eigenvalue weighted by Crippen LogP contribution is -2.30. The summed E-state index contributed by atoms with van der Waals surface area (Å²) in [4.78, 5) is 0.868. The second-order valence-corrected chi connectivity index (χ2v) is 8.53. The van der Waals surface area contributed by atoms with E-state index in [1.165, 1.54) is 18.4 Å². The summed E-state index contributed by atoms with van der Waals surface area (Å²) in [5.74, 6) is -0.172. The maximum absolute atomic E-state index is 12.2. The van der Waals surface area contributed by atoms with Crippen molar-refractivity contribution in [3.63, 3.8) is 0 Å². The molecular formula is C14H15Cl2NO3S2. The number of hydrogen-bond donors (Lipinski definition) is 1. The van der Waals surface area contributed by atoms with E-state index in [4.69, 9.17) is 27.9 Å². The van der Waals surface area contributed by atoms with Crippen molar-refractivity contribution < 1.29 is 13.2 Å². The van der Waals surface area contributed by atoms with Crippen molar-refractivity contribution in [2.45, 2.75) is 11.9 Å². The fourth-order valence-corrected chi connectivity index (χ4v) is 4.46. The van der Waals surface area contributed by atoms with Gasteiger partial charge in [0.1, 0.15) is 6.10 Å². The quantitative estimate of drug-likeness (QED) is 0.794. The number of ether oxygens (including phenoxy) is 1. The minimum Gasteiger partial charge on any atom is -0.375 e. The van der Waals surface area contributed by atoms with E-state index in [2.05, 4.69) is 4.72 Å². The van der Waals surface area contributed by atoms with E-state index in [0.29, 0.717) is 14.9 Å². The van der Waals surface area contributed by atoms with Crippen LogP contribution in [0.15, 0.2) is 36.4 Å². The van der Waals surface area contributed by atoms with Gasteiger partial charge in [0, 0.05) is 23.6 Å². The van der Waals surface area contributed by atoms with Crippen LogP contribution >= 0.6 is 34.5 Å². The molecule has 1 aromatic carbocycles. The molecule has 0 amide bonds. The highest BCUT2D eigenvalue weighted by molar-refractivity contribution is 7.88. The normalized spacial score (nSPS) is 13.2. The summed E-state index contributed by atoms with van der Waals surface area (Å²) in [7, 11) is -1.98. The van der Waals surface area contributed by atoms with E-state index in [1.54, 1.807) is 30.3 Å². The Kier molecular flexibility index (Phi) is 6.26. The van der Waals surface area contributed by atoms with Crippen LogP contribution in [-0.4, -0.2) is 22.1 Å². The van der Waals surface area contributed by atoms with Crippen LogP contribution in [0.1, 0.15) is 16.5 Å². The predicted molar refractivity (Wildman–Crippen MR) is 91.2 cm³/mol. The third-order valence-corrected chi connectivity index (χ3v) is 5.98.